The smallest absolute Gasteiger partial charge is 0.0239 e. The highest BCUT2D eigenvalue weighted by atomic mass is 15.1. The lowest BCUT2D eigenvalue weighted by atomic mass is 9.99. The third-order valence-corrected chi connectivity index (χ3v) is 3.94. The fourth-order valence-corrected chi connectivity index (χ4v) is 2.92. The molecule has 3 rings (SSSR count). The number of hydrogen-bond donors (Lipinski definition) is 0. The van der Waals surface area contributed by atoms with E-state index < -0.39 is 0 Å². The van der Waals surface area contributed by atoms with E-state index in [4.69, 9.17) is 0 Å². The molecule has 0 atom stereocenters. The normalized spacial score (nSPS) is 16.4. The first kappa shape index (κ1) is 12.4. The molecule has 0 radical (unpaired) electrons. The van der Waals surface area contributed by atoms with E-state index in [2.05, 4.69) is 59.5 Å². The second-order valence-electron chi connectivity index (χ2n) is 5.36. The van der Waals surface area contributed by atoms with Crippen LogP contribution >= 0.6 is 0 Å². The number of benzene rings is 2. The third-order valence-electron chi connectivity index (χ3n) is 3.94. The van der Waals surface area contributed by atoms with Gasteiger partial charge in [-0.15, -0.1) is 0 Å². The lowest BCUT2D eigenvalue weighted by molar-refractivity contribution is 0.221. The zero-order valence-corrected chi connectivity index (χ0v) is 11.4. The lowest BCUT2D eigenvalue weighted by Gasteiger charge is -2.27. The van der Waals surface area contributed by atoms with E-state index in [1.807, 2.05) is 0 Å². The fraction of sp³-hybridized carbons (Fsp3) is 0.333. The summed E-state index contributed by atoms with van der Waals surface area (Å²) in [4.78, 5) is 2.59. The maximum atomic E-state index is 2.59. The van der Waals surface area contributed by atoms with Gasteiger partial charge in [0.15, 0.2) is 0 Å². The molecule has 0 spiro atoms. The van der Waals surface area contributed by atoms with Crippen molar-refractivity contribution in [3.8, 4) is 11.1 Å². The predicted molar refractivity (Wildman–Crippen MR) is 81.0 cm³/mol. The van der Waals surface area contributed by atoms with Crippen LogP contribution < -0.4 is 0 Å². The molecular formula is C18H21N. The first-order chi connectivity index (χ1) is 9.43. The highest BCUT2D eigenvalue weighted by Gasteiger charge is 2.12. The van der Waals surface area contributed by atoms with Crippen LogP contribution in [0.15, 0.2) is 54.6 Å². The SMILES string of the molecule is c1ccc(-c2ccccc2CN2CCCCC2)cc1. The van der Waals surface area contributed by atoms with Gasteiger partial charge >= 0.3 is 0 Å². The first-order valence-electron chi connectivity index (χ1n) is 7.29. The molecule has 0 aromatic heterocycles. The minimum atomic E-state index is 1.09. The number of piperidine rings is 1. The fourth-order valence-electron chi connectivity index (χ4n) is 2.92. The molecule has 2 aromatic rings. The van der Waals surface area contributed by atoms with Gasteiger partial charge in [0.05, 0.1) is 0 Å². The summed E-state index contributed by atoms with van der Waals surface area (Å²) in [6.07, 6.45) is 4.11. The van der Waals surface area contributed by atoms with Crippen LogP contribution in [0.1, 0.15) is 24.8 Å². The molecule has 0 amide bonds. The monoisotopic (exact) mass is 251 g/mol. The van der Waals surface area contributed by atoms with Crippen LogP contribution in [0.2, 0.25) is 0 Å². The molecule has 1 heterocycles. The van der Waals surface area contributed by atoms with Gasteiger partial charge < -0.3 is 0 Å². The van der Waals surface area contributed by atoms with Crippen LogP contribution in [0.4, 0.5) is 0 Å². The van der Waals surface area contributed by atoms with Gasteiger partial charge in [0.1, 0.15) is 0 Å². The minimum absolute atomic E-state index is 1.09. The summed E-state index contributed by atoms with van der Waals surface area (Å²) in [5.74, 6) is 0. The van der Waals surface area contributed by atoms with E-state index in [0.29, 0.717) is 0 Å². The summed E-state index contributed by atoms with van der Waals surface area (Å²) < 4.78 is 0. The summed E-state index contributed by atoms with van der Waals surface area (Å²) in [5.41, 5.74) is 4.17. The first-order valence-corrected chi connectivity index (χ1v) is 7.29. The average Bonchev–Trinajstić information content (AvgIpc) is 2.50. The van der Waals surface area contributed by atoms with Gasteiger partial charge in [0.2, 0.25) is 0 Å². The molecule has 0 N–H and O–H groups in total. The Hall–Kier alpha value is -1.60. The van der Waals surface area contributed by atoms with Crippen LogP contribution in [-0.2, 0) is 6.54 Å². The molecule has 19 heavy (non-hydrogen) atoms. The highest BCUT2D eigenvalue weighted by Crippen LogP contribution is 2.25. The maximum Gasteiger partial charge on any atom is 0.0239 e. The van der Waals surface area contributed by atoms with Gasteiger partial charge in [-0.3, -0.25) is 4.90 Å². The summed E-state index contributed by atoms with van der Waals surface area (Å²) in [6, 6.07) is 19.5. The Morgan fingerprint density at radius 3 is 2.21 bits per heavy atom. The van der Waals surface area contributed by atoms with Gasteiger partial charge in [0, 0.05) is 6.54 Å². The standard InChI is InChI=1S/C18H21N/c1-3-9-16(10-4-1)18-12-6-5-11-17(18)15-19-13-7-2-8-14-19/h1,3-6,9-12H,2,7-8,13-15H2. The molecule has 0 bridgehead atoms. The van der Waals surface area contributed by atoms with Crippen LogP contribution in [0.3, 0.4) is 0 Å². The maximum absolute atomic E-state index is 2.59. The largest absolute Gasteiger partial charge is 0.299 e. The van der Waals surface area contributed by atoms with E-state index in [1.54, 1.807) is 0 Å². The molecule has 1 saturated heterocycles. The number of likely N-dealkylation sites (tertiary alicyclic amines) is 1. The topological polar surface area (TPSA) is 3.24 Å². The van der Waals surface area contributed by atoms with Crippen molar-refractivity contribution in [3.05, 3.63) is 60.2 Å². The molecule has 1 fully saturated rings. The quantitative estimate of drug-likeness (QED) is 0.784. The molecule has 0 aliphatic carbocycles. The average molecular weight is 251 g/mol. The van der Waals surface area contributed by atoms with Gasteiger partial charge in [-0.25, -0.2) is 0 Å². The van der Waals surface area contributed by atoms with E-state index >= 15 is 0 Å². The summed E-state index contributed by atoms with van der Waals surface area (Å²) in [5, 5.41) is 0. The van der Waals surface area contributed by atoms with Crippen molar-refractivity contribution in [1.29, 1.82) is 0 Å². The van der Waals surface area contributed by atoms with E-state index in [0.717, 1.165) is 6.54 Å². The number of hydrogen-bond acceptors (Lipinski definition) is 1. The molecule has 0 unspecified atom stereocenters. The molecule has 98 valence electrons. The van der Waals surface area contributed by atoms with Crippen LogP contribution in [-0.4, -0.2) is 18.0 Å². The zero-order chi connectivity index (χ0) is 12.9. The Labute approximate surface area is 115 Å². The molecule has 1 heteroatoms. The number of rotatable bonds is 3. The Morgan fingerprint density at radius 2 is 1.42 bits per heavy atom. The van der Waals surface area contributed by atoms with Crippen molar-refractivity contribution in [1.82, 2.24) is 4.90 Å². The lowest BCUT2D eigenvalue weighted by Crippen LogP contribution is -2.29. The summed E-state index contributed by atoms with van der Waals surface area (Å²) >= 11 is 0. The van der Waals surface area contributed by atoms with Crippen molar-refractivity contribution in [2.75, 3.05) is 13.1 Å². The molecule has 1 aliphatic heterocycles. The predicted octanol–water partition coefficient (Wildman–Crippen LogP) is 4.34. The minimum Gasteiger partial charge on any atom is -0.299 e. The molecular weight excluding hydrogens is 230 g/mol. The zero-order valence-electron chi connectivity index (χ0n) is 11.4. The molecule has 1 nitrogen and oxygen atoms in total. The molecule has 2 aromatic carbocycles. The third kappa shape index (κ3) is 3.05. The Morgan fingerprint density at radius 1 is 0.737 bits per heavy atom. The Bertz CT molecular complexity index is 512. The van der Waals surface area contributed by atoms with Crippen molar-refractivity contribution < 1.29 is 0 Å². The highest BCUT2D eigenvalue weighted by molar-refractivity contribution is 5.67. The van der Waals surface area contributed by atoms with Crippen molar-refractivity contribution >= 4 is 0 Å². The van der Waals surface area contributed by atoms with Gasteiger partial charge in [-0.05, 0) is 42.6 Å². The van der Waals surface area contributed by atoms with E-state index in [1.165, 1.54) is 49.0 Å². The summed E-state index contributed by atoms with van der Waals surface area (Å²) in [6.45, 7) is 3.59. The van der Waals surface area contributed by atoms with Gasteiger partial charge in [0.25, 0.3) is 0 Å². The van der Waals surface area contributed by atoms with Crippen LogP contribution in [0.5, 0.6) is 0 Å². The second-order valence-corrected chi connectivity index (χ2v) is 5.36. The van der Waals surface area contributed by atoms with E-state index in [9.17, 15) is 0 Å². The molecule has 1 aliphatic rings. The number of nitrogens with zero attached hydrogens (tertiary/aromatic N) is 1. The Kier molecular flexibility index (Phi) is 3.95. The Balaban J connectivity index is 1.85. The van der Waals surface area contributed by atoms with Crippen molar-refractivity contribution in [2.45, 2.75) is 25.8 Å². The van der Waals surface area contributed by atoms with Crippen molar-refractivity contribution in [3.63, 3.8) is 0 Å². The van der Waals surface area contributed by atoms with E-state index in [-0.39, 0.29) is 0 Å². The molecule has 0 saturated carbocycles. The van der Waals surface area contributed by atoms with Gasteiger partial charge in [-0.2, -0.15) is 0 Å². The summed E-state index contributed by atoms with van der Waals surface area (Å²) in [7, 11) is 0. The van der Waals surface area contributed by atoms with Crippen LogP contribution in [0.25, 0.3) is 11.1 Å². The second kappa shape index (κ2) is 6.03. The van der Waals surface area contributed by atoms with Crippen molar-refractivity contribution in [2.24, 2.45) is 0 Å². The van der Waals surface area contributed by atoms with Crippen LogP contribution in [0, 0.1) is 0 Å². The van der Waals surface area contributed by atoms with Gasteiger partial charge in [-0.1, -0.05) is 61.0 Å².